The van der Waals surface area contributed by atoms with Gasteiger partial charge in [0.05, 0.1) is 5.69 Å². The lowest BCUT2D eigenvalue weighted by atomic mass is 9.93. The quantitative estimate of drug-likeness (QED) is 0.742. The molecule has 0 saturated carbocycles. The predicted molar refractivity (Wildman–Crippen MR) is 70.0 cm³/mol. The molecule has 0 amide bonds. The number of halogens is 1. The summed E-state index contributed by atoms with van der Waals surface area (Å²) in [5.74, 6) is 0.641. The Bertz CT molecular complexity index is 632. The van der Waals surface area contributed by atoms with E-state index in [2.05, 4.69) is 23.8 Å². The van der Waals surface area contributed by atoms with Crippen molar-refractivity contribution < 1.29 is 4.79 Å². The first kappa shape index (κ1) is 11.7. The highest BCUT2D eigenvalue weighted by Gasteiger charge is 2.29. The molecule has 0 spiro atoms. The fraction of sp³-hybridized carbons (Fsp3) is 0.462. The summed E-state index contributed by atoms with van der Waals surface area (Å²) in [4.78, 5) is 20.3. The van der Waals surface area contributed by atoms with Gasteiger partial charge in [0.15, 0.2) is 5.78 Å². The first-order valence-corrected chi connectivity index (χ1v) is 6.52. The number of aromatic nitrogens is 3. The van der Waals surface area contributed by atoms with Gasteiger partial charge in [-0.2, -0.15) is 4.98 Å². The Kier molecular flexibility index (Phi) is 2.63. The molecule has 0 aromatic carbocycles. The van der Waals surface area contributed by atoms with Crippen molar-refractivity contribution in [2.24, 2.45) is 5.92 Å². The third kappa shape index (κ3) is 1.63. The number of nitrogens with zero attached hydrogens (tertiary/aromatic N) is 3. The van der Waals surface area contributed by atoms with Crippen LogP contribution >= 0.6 is 11.6 Å². The number of ketones is 1. The number of hydrogen-bond acceptors (Lipinski definition) is 3. The summed E-state index contributed by atoms with van der Waals surface area (Å²) in [5, 5.41) is 1.11. The van der Waals surface area contributed by atoms with Crippen LogP contribution in [0.4, 0.5) is 0 Å². The molecule has 94 valence electrons. The summed E-state index contributed by atoms with van der Waals surface area (Å²) < 4.78 is 2.04. The first-order valence-electron chi connectivity index (χ1n) is 6.14. The molecule has 0 N–H and O–H groups in total. The Morgan fingerprint density at radius 2 is 2.28 bits per heavy atom. The predicted octanol–water partition coefficient (Wildman–Crippen LogP) is 3.26. The van der Waals surface area contributed by atoms with Crippen molar-refractivity contribution >= 4 is 28.4 Å². The van der Waals surface area contributed by atoms with Gasteiger partial charge in [0, 0.05) is 24.0 Å². The zero-order chi connectivity index (χ0) is 12.9. The van der Waals surface area contributed by atoms with Crippen molar-refractivity contribution in [3.63, 3.8) is 0 Å². The van der Waals surface area contributed by atoms with Gasteiger partial charge in [0.2, 0.25) is 5.28 Å². The van der Waals surface area contributed by atoms with Gasteiger partial charge >= 0.3 is 0 Å². The fourth-order valence-corrected chi connectivity index (χ4v) is 2.83. The second-order valence-electron chi connectivity index (χ2n) is 5.09. The molecule has 1 aliphatic heterocycles. The third-order valence-corrected chi connectivity index (χ3v) is 3.78. The van der Waals surface area contributed by atoms with Gasteiger partial charge in [0.25, 0.3) is 0 Å². The van der Waals surface area contributed by atoms with Crippen LogP contribution in [-0.2, 0) is 0 Å². The van der Waals surface area contributed by atoms with Gasteiger partial charge in [-0.25, -0.2) is 4.98 Å². The molecule has 2 aromatic heterocycles. The third-order valence-electron chi connectivity index (χ3n) is 3.60. The minimum absolute atomic E-state index is 0.182. The zero-order valence-corrected chi connectivity index (χ0v) is 11.1. The molecule has 0 radical (unpaired) electrons. The maximum atomic E-state index is 12.0. The number of carbonyl (C=O) groups excluding carboxylic acids is 1. The molecule has 2 aromatic rings. The number of rotatable bonds is 1. The smallest absolute Gasteiger partial charge is 0.224 e. The molecule has 3 heterocycles. The fourth-order valence-electron chi connectivity index (χ4n) is 2.71. The van der Waals surface area contributed by atoms with E-state index in [9.17, 15) is 4.79 Å². The molecule has 18 heavy (non-hydrogen) atoms. The van der Waals surface area contributed by atoms with E-state index in [1.54, 1.807) is 6.20 Å². The summed E-state index contributed by atoms with van der Waals surface area (Å²) >= 11 is 5.86. The van der Waals surface area contributed by atoms with Crippen LogP contribution in [0.15, 0.2) is 12.3 Å². The van der Waals surface area contributed by atoms with Crippen molar-refractivity contribution in [1.29, 1.82) is 0 Å². The lowest BCUT2D eigenvalue weighted by molar-refractivity contribution is 0.0934. The van der Waals surface area contributed by atoms with E-state index in [1.807, 2.05) is 10.6 Å². The van der Waals surface area contributed by atoms with Crippen LogP contribution in [0.1, 0.15) is 43.2 Å². The monoisotopic (exact) mass is 263 g/mol. The van der Waals surface area contributed by atoms with Crippen molar-refractivity contribution in [2.45, 2.75) is 32.7 Å². The summed E-state index contributed by atoms with van der Waals surface area (Å²) in [6.07, 6.45) is 3.16. The molecular weight excluding hydrogens is 250 g/mol. The van der Waals surface area contributed by atoms with E-state index in [-0.39, 0.29) is 11.1 Å². The average Bonchev–Trinajstić information content (AvgIpc) is 2.69. The van der Waals surface area contributed by atoms with E-state index in [0.717, 1.165) is 23.1 Å². The maximum absolute atomic E-state index is 12.0. The number of Topliss-reactive ketones (excluding diaryl/α,β-unsaturated/α-hetero) is 1. The summed E-state index contributed by atoms with van der Waals surface area (Å²) in [6.45, 7) is 4.33. The SMILES string of the molecule is CC(C)[C@@H]1CCC(=O)c2cc3cnc(Cl)nc3n21. The van der Waals surface area contributed by atoms with Crippen LogP contribution < -0.4 is 0 Å². The summed E-state index contributed by atoms with van der Waals surface area (Å²) in [5.41, 5.74) is 1.52. The van der Waals surface area contributed by atoms with Gasteiger partial charge in [0.1, 0.15) is 5.65 Å². The Morgan fingerprint density at radius 3 is 3.00 bits per heavy atom. The van der Waals surface area contributed by atoms with Gasteiger partial charge in [-0.1, -0.05) is 13.8 Å². The molecule has 4 nitrogen and oxygen atoms in total. The Morgan fingerprint density at radius 1 is 1.50 bits per heavy atom. The van der Waals surface area contributed by atoms with Crippen molar-refractivity contribution in [1.82, 2.24) is 14.5 Å². The van der Waals surface area contributed by atoms with E-state index in [0.29, 0.717) is 18.4 Å². The molecule has 1 atom stereocenters. The van der Waals surface area contributed by atoms with Crippen LogP contribution in [0, 0.1) is 5.92 Å². The highest BCUT2D eigenvalue weighted by atomic mass is 35.5. The topological polar surface area (TPSA) is 47.8 Å². The minimum Gasteiger partial charge on any atom is -0.319 e. The van der Waals surface area contributed by atoms with Gasteiger partial charge in [-0.15, -0.1) is 0 Å². The van der Waals surface area contributed by atoms with E-state index in [1.165, 1.54) is 0 Å². The van der Waals surface area contributed by atoms with Gasteiger partial charge in [-0.05, 0) is 30.0 Å². The van der Waals surface area contributed by atoms with Crippen LogP contribution in [-0.4, -0.2) is 20.3 Å². The van der Waals surface area contributed by atoms with E-state index >= 15 is 0 Å². The normalized spacial score (nSPS) is 19.6. The Labute approximate surface area is 110 Å². The van der Waals surface area contributed by atoms with E-state index < -0.39 is 0 Å². The van der Waals surface area contributed by atoms with Crippen LogP contribution in [0.2, 0.25) is 5.28 Å². The van der Waals surface area contributed by atoms with Crippen molar-refractivity contribution in [3.05, 3.63) is 23.2 Å². The first-order chi connectivity index (χ1) is 8.58. The molecule has 1 aliphatic rings. The molecule has 3 rings (SSSR count). The second kappa shape index (κ2) is 4.05. The molecule has 0 aliphatic carbocycles. The van der Waals surface area contributed by atoms with Gasteiger partial charge < -0.3 is 4.57 Å². The molecule has 0 fully saturated rings. The molecule has 0 bridgehead atoms. The molecule has 0 saturated heterocycles. The van der Waals surface area contributed by atoms with Crippen molar-refractivity contribution in [3.8, 4) is 0 Å². The van der Waals surface area contributed by atoms with E-state index in [4.69, 9.17) is 11.6 Å². The van der Waals surface area contributed by atoms with Gasteiger partial charge in [-0.3, -0.25) is 4.79 Å². The van der Waals surface area contributed by atoms with Crippen LogP contribution in [0.5, 0.6) is 0 Å². The maximum Gasteiger partial charge on any atom is 0.224 e. The second-order valence-corrected chi connectivity index (χ2v) is 5.43. The Balaban J connectivity index is 2.31. The Hall–Kier alpha value is -1.42. The number of hydrogen-bond donors (Lipinski definition) is 0. The summed E-state index contributed by atoms with van der Waals surface area (Å²) in [7, 11) is 0. The zero-order valence-electron chi connectivity index (χ0n) is 10.4. The largest absolute Gasteiger partial charge is 0.319 e. The highest BCUT2D eigenvalue weighted by molar-refractivity contribution is 6.28. The lowest BCUT2D eigenvalue weighted by Gasteiger charge is -2.28. The average molecular weight is 264 g/mol. The highest BCUT2D eigenvalue weighted by Crippen LogP contribution is 2.35. The van der Waals surface area contributed by atoms with Crippen LogP contribution in [0.25, 0.3) is 11.0 Å². The molecular formula is C13H14ClN3O. The summed E-state index contributed by atoms with van der Waals surface area (Å²) in [6, 6.07) is 2.18. The molecule has 0 unspecified atom stereocenters. The number of carbonyl (C=O) groups is 1. The standard InChI is InChI=1S/C13H14ClN3O/c1-7(2)9-3-4-11(18)10-5-8-6-15-13(14)16-12(8)17(9)10/h5-7,9H,3-4H2,1-2H3/t9-/m0/s1. The van der Waals surface area contributed by atoms with Crippen molar-refractivity contribution in [2.75, 3.05) is 0 Å². The lowest BCUT2D eigenvalue weighted by Crippen LogP contribution is -2.25. The van der Waals surface area contributed by atoms with Crippen LogP contribution in [0.3, 0.4) is 0 Å². The molecule has 5 heteroatoms. The number of fused-ring (bicyclic) bond motifs is 3. The minimum atomic E-state index is 0.182.